The van der Waals surface area contributed by atoms with Gasteiger partial charge < -0.3 is 9.97 Å². The van der Waals surface area contributed by atoms with Crippen molar-refractivity contribution >= 4 is 54.2 Å². The summed E-state index contributed by atoms with van der Waals surface area (Å²) in [6.07, 6.45) is 6.30. The number of aromatic amines is 2. The molecule has 0 spiro atoms. The van der Waals surface area contributed by atoms with Crippen LogP contribution in [0.15, 0.2) is 24.3 Å². The molecular formula is C32H34N4O2S. The van der Waals surface area contributed by atoms with E-state index in [1.165, 1.54) is 51.8 Å². The lowest BCUT2D eigenvalue weighted by Crippen LogP contribution is -2.05. The second kappa shape index (κ2) is 8.78. The summed E-state index contributed by atoms with van der Waals surface area (Å²) in [7, 11) is -3.20. The maximum atomic E-state index is 12.8. The van der Waals surface area contributed by atoms with Gasteiger partial charge in [0.05, 0.1) is 34.3 Å². The molecule has 7 heteroatoms. The number of hydrogen-bond acceptors (Lipinski definition) is 4. The van der Waals surface area contributed by atoms with E-state index in [2.05, 4.69) is 55.9 Å². The Morgan fingerprint density at radius 3 is 1.97 bits per heavy atom. The fourth-order valence-electron chi connectivity index (χ4n) is 6.95. The maximum absolute atomic E-state index is 12.8. The predicted molar refractivity (Wildman–Crippen MR) is 160 cm³/mol. The molecule has 7 rings (SSSR count). The van der Waals surface area contributed by atoms with Gasteiger partial charge in [-0.15, -0.1) is 0 Å². The van der Waals surface area contributed by atoms with Crippen LogP contribution >= 0.6 is 0 Å². The fourth-order valence-corrected chi connectivity index (χ4v) is 8.58. The molecule has 3 aromatic heterocycles. The molecule has 39 heavy (non-hydrogen) atoms. The van der Waals surface area contributed by atoms with Crippen LogP contribution < -0.4 is 0 Å². The minimum Gasteiger partial charge on any atom is -0.355 e. The van der Waals surface area contributed by atoms with Crippen LogP contribution in [0, 0.1) is 6.92 Å². The lowest BCUT2D eigenvalue weighted by Gasteiger charge is -2.11. The number of rotatable bonds is 2. The van der Waals surface area contributed by atoms with Crippen LogP contribution in [0.1, 0.15) is 85.1 Å². The first-order valence-corrected chi connectivity index (χ1v) is 16.0. The smallest absolute Gasteiger partial charge is 0.158 e. The average molecular weight is 539 g/mol. The predicted octanol–water partition coefficient (Wildman–Crippen LogP) is 6.74. The van der Waals surface area contributed by atoms with Crippen molar-refractivity contribution in [1.29, 1.82) is 0 Å². The molecule has 3 aliphatic heterocycles. The summed E-state index contributed by atoms with van der Waals surface area (Å²) >= 11 is 0. The topological polar surface area (TPSA) is 91.5 Å². The normalized spacial score (nSPS) is 18.1. The van der Waals surface area contributed by atoms with E-state index in [-0.39, 0.29) is 11.5 Å². The molecule has 6 heterocycles. The van der Waals surface area contributed by atoms with Crippen molar-refractivity contribution in [3.05, 3.63) is 69.3 Å². The molecule has 6 nitrogen and oxygen atoms in total. The van der Waals surface area contributed by atoms with E-state index in [1.54, 1.807) is 0 Å². The number of H-pyrrole nitrogens is 2. The SMILES string of the molecule is CCC1=C(C)c2cc3[nH]c(cc4[nH]c(cc5nc(cc1n2)C1=C5CS(=O)(=O)C1)c(CC)c4C)c1c3CCCC1. The summed E-state index contributed by atoms with van der Waals surface area (Å²) in [5.74, 6) is 0.0784. The van der Waals surface area contributed by atoms with E-state index in [0.29, 0.717) is 0 Å². The zero-order chi connectivity index (χ0) is 27.1. The number of aromatic nitrogens is 4. The summed E-state index contributed by atoms with van der Waals surface area (Å²) in [4.78, 5) is 17.6. The van der Waals surface area contributed by atoms with Crippen molar-refractivity contribution in [1.82, 2.24) is 19.9 Å². The number of fused-ring (bicyclic) bond motifs is 13. The third kappa shape index (κ3) is 3.85. The molecule has 0 atom stereocenters. The van der Waals surface area contributed by atoms with E-state index in [0.717, 1.165) is 76.2 Å². The highest BCUT2D eigenvalue weighted by atomic mass is 32.2. The highest BCUT2D eigenvalue weighted by Gasteiger charge is 2.34. The first-order chi connectivity index (χ1) is 18.8. The minimum atomic E-state index is -3.20. The quantitative estimate of drug-likeness (QED) is 0.378. The number of sulfone groups is 1. The second-order valence-electron chi connectivity index (χ2n) is 11.3. The van der Waals surface area contributed by atoms with Gasteiger partial charge in [0.25, 0.3) is 0 Å². The first-order valence-electron chi connectivity index (χ1n) is 14.2. The van der Waals surface area contributed by atoms with Gasteiger partial charge >= 0.3 is 0 Å². The van der Waals surface area contributed by atoms with Crippen molar-refractivity contribution in [2.24, 2.45) is 0 Å². The van der Waals surface area contributed by atoms with Crippen LogP contribution in [0.3, 0.4) is 0 Å². The summed E-state index contributed by atoms with van der Waals surface area (Å²) in [6.45, 7) is 8.64. The molecule has 0 unspecified atom stereocenters. The molecular weight excluding hydrogens is 504 g/mol. The van der Waals surface area contributed by atoms with E-state index in [1.807, 2.05) is 6.07 Å². The molecule has 0 aromatic carbocycles. The molecule has 8 bridgehead atoms. The summed E-state index contributed by atoms with van der Waals surface area (Å²) in [5.41, 5.74) is 17.1. The van der Waals surface area contributed by atoms with E-state index in [9.17, 15) is 8.42 Å². The van der Waals surface area contributed by atoms with Gasteiger partial charge in [-0.1, -0.05) is 13.8 Å². The monoisotopic (exact) mass is 538 g/mol. The molecule has 0 fully saturated rings. The van der Waals surface area contributed by atoms with E-state index in [4.69, 9.17) is 9.97 Å². The molecule has 1 aliphatic carbocycles. The van der Waals surface area contributed by atoms with Gasteiger partial charge in [-0.25, -0.2) is 18.4 Å². The average Bonchev–Trinajstić information content (AvgIpc) is 3.65. The highest BCUT2D eigenvalue weighted by molar-refractivity contribution is 7.92. The highest BCUT2D eigenvalue weighted by Crippen LogP contribution is 2.40. The first kappa shape index (κ1) is 24.6. The van der Waals surface area contributed by atoms with Crippen molar-refractivity contribution in [3.8, 4) is 0 Å². The van der Waals surface area contributed by atoms with Gasteiger partial charge in [-0.3, -0.25) is 0 Å². The van der Waals surface area contributed by atoms with E-state index < -0.39 is 9.84 Å². The lowest BCUT2D eigenvalue weighted by atomic mass is 9.93. The maximum Gasteiger partial charge on any atom is 0.158 e. The van der Waals surface area contributed by atoms with Crippen LogP contribution in [0.4, 0.5) is 0 Å². The van der Waals surface area contributed by atoms with Gasteiger partial charge in [0.1, 0.15) is 0 Å². The molecule has 4 aliphatic rings. The van der Waals surface area contributed by atoms with Gasteiger partial charge in [0.2, 0.25) is 0 Å². The standard InChI is InChI=1S/C32H34N4O2S/c1-5-19-17(3)25-11-29-21-9-7-8-10-22(21)30(35-29)12-26-18(4)20(6-2)28(34-26)14-32-24-16-39(37,38)15-23(24)31(36-32)13-27(19)33-25/h11-14,33,35H,5-10,15-16H2,1-4H3. The van der Waals surface area contributed by atoms with Crippen LogP contribution in [0.2, 0.25) is 0 Å². The number of hydrogen-bond donors (Lipinski definition) is 2. The minimum absolute atomic E-state index is 0.0374. The zero-order valence-corrected chi connectivity index (χ0v) is 23.9. The van der Waals surface area contributed by atoms with Gasteiger partial charge in [-0.05, 0) is 121 Å². The lowest BCUT2D eigenvalue weighted by molar-refractivity contribution is 0.603. The van der Waals surface area contributed by atoms with Crippen molar-refractivity contribution < 1.29 is 8.42 Å². The molecule has 200 valence electrons. The summed E-state index contributed by atoms with van der Waals surface area (Å²) in [6, 6.07) is 8.56. The van der Waals surface area contributed by atoms with Crippen molar-refractivity contribution in [2.75, 3.05) is 11.5 Å². The third-order valence-corrected chi connectivity index (χ3v) is 10.5. The fraction of sp³-hybridized carbons (Fsp3) is 0.375. The molecule has 3 aromatic rings. The number of nitrogens with one attached hydrogen (secondary N) is 2. The zero-order valence-electron chi connectivity index (χ0n) is 23.1. The third-order valence-electron chi connectivity index (χ3n) is 9.01. The van der Waals surface area contributed by atoms with Crippen molar-refractivity contribution in [2.45, 2.75) is 66.2 Å². The summed E-state index contributed by atoms with van der Waals surface area (Å²) in [5, 5.41) is 0. The number of nitrogens with zero attached hydrogens (tertiary/aromatic N) is 2. The Kier molecular flexibility index (Phi) is 5.53. The molecule has 0 amide bonds. The van der Waals surface area contributed by atoms with Crippen LogP contribution in [0.25, 0.3) is 44.4 Å². The number of aryl methyl sites for hydroxylation is 4. The Bertz CT molecular complexity index is 1920. The molecule has 0 radical (unpaired) electrons. The number of allylic oxidation sites excluding steroid dienone is 2. The molecule has 0 saturated heterocycles. The Balaban J connectivity index is 1.64. The van der Waals surface area contributed by atoms with Crippen LogP contribution in [-0.2, 0) is 29.1 Å². The Labute approximate surface area is 229 Å². The van der Waals surface area contributed by atoms with Crippen LogP contribution in [-0.4, -0.2) is 39.9 Å². The Morgan fingerprint density at radius 1 is 0.718 bits per heavy atom. The Hall–Kier alpha value is -3.45. The van der Waals surface area contributed by atoms with E-state index >= 15 is 0 Å². The molecule has 2 N–H and O–H groups in total. The van der Waals surface area contributed by atoms with Gasteiger partial charge in [0, 0.05) is 22.1 Å². The summed E-state index contributed by atoms with van der Waals surface area (Å²) < 4.78 is 25.5. The second-order valence-corrected chi connectivity index (χ2v) is 13.4. The molecule has 0 saturated carbocycles. The van der Waals surface area contributed by atoms with Gasteiger partial charge in [0.15, 0.2) is 9.84 Å². The van der Waals surface area contributed by atoms with Crippen molar-refractivity contribution in [3.63, 3.8) is 0 Å². The largest absolute Gasteiger partial charge is 0.355 e. The Morgan fingerprint density at radius 2 is 1.31 bits per heavy atom. The van der Waals surface area contributed by atoms with Gasteiger partial charge in [-0.2, -0.15) is 0 Å². The van der Waals surface area contributed by atoms with Crippen LogP contribution in [0.5, 0.6) is 0 Å².